The van der Waals surface area contributed by atoms with Gasteiger partial charge in [0.25, 0.3) is 0 Å². The van der Waals surface area contributed by atoms with E-state index in [9.17, 15) is 0 Å². The van der Waals surface area contributed by atoms with E-state index in [1.165, 1.54) is 12.8 Å². The summed E-state index contributed by atoms with van der Waals surface area (Å²) in [4.78, 5) is 4.49. The minimum Gasteiger partial charge on any atom is -0.387 e. The molecule has 1 atom stereocenters. The van der Waals surface area contributed by atoms with Crippen LogP contribution in [0.15, 0.2) is 4.99 Å². The van der Waals surface area contributed by atoms with Gasteiger partial charge >= 0.3 is 0 Å². The van der Waals surface area contributed by atoms with Crippen LogP contribution in [0.1, 0.15) is 32.6 Å². The summed E-state index contributed by atoms with van der Waals surface area (Å²) in [6.07, 6.45) is 4.65. The van der Waals surface area contributed by atoms with Crippen molar-refractivity contribution in [2.24, 2.45) is 16.6 Å². The van der Waals surface area contributed by atoms with Gasteiger partial charge in [-0.3, -0.25) is 4.99 Å². The molecule has 0 saturated heterocycles. The smallest absolute Gasteiger partial charge is 0.0972 e. The number of rotatable bonds is 6. The lowest BCUT2D eigenvalue weighted by atomic mass is 10.2. The molecule has 0 spiro atoms. The summed E-state index contributed by atoms with van der Waals surface area (Å²) >= 11 is 0. The van der Waals surface area contributed by atoms with E-state index in [1.54, 1.807) is 7.11 Å². The molecule has 1 aliphatic carbocycles. The van der Waals surface area contributed by atoms with E-state index in [2.05, 4.69) is 11.9 Å². The fourth-order valence-electron chi connectivity index (χ4n) is 1.41. The van der Waals surface area contributed by atoms with Crippen molar-refractivity contribution in [3.05, 3.63) is 0 Å². The third-order valence-corrected chi connectivity index (χ3v) is 2.31. The quantitative estimate of drug-likeness (QED) is 0.503. The summed E-state index contributed by atoms with van der Waals surface area (Å²) in [5.41, 5.74) is 5.83. The fraction of sp³-hybridized carbons (Fsp3) is 0.900. The van der Waals surface area contributed by atoms with Gasteiger partial charge in [0.1, 0.15) is 0 Å². The molecular weight excluding hydrogens is 164 g/mol. The number of methoxy groups -OCH3 is 1. The van der Waals surface area contributed by atoms with Crippen LogP contribution in [0.5, 0.6) is 0 Å². The lowest BCUT2D eigenvalue weighted by Gasteiger charge is -2.11. The Hall–Kier alpha value is -0.570. The second-order valence-corrected chi connectivity index (χ2v) is 3.73. The van der Waals surface area contributed by atoms with Crippen LogP contribution in [0.2, 0.25) is 0 Å². The summed E-state index contributed by atoms with van der Waals surface area (Å²) in [6.45, 7) is 2.85. The molecule has 0 amide bonds. The van der Waals surface area contributed by atoms with E-state index in [1.807, 2.05) is 0 Å². The van der Waals surface area contributed by atoms with Crippen molar-refractivity contribution in [2.75, 3.05) is 13.7 Å². The van der Waals surface area contributed by atoms with Crippen molar-refractivity contribution >= 4 is 5.84 Å². The van der Waals surface area contributed by atoms with E-state index < -0.39 is 0 Å². The number of nitrogens with two attached hydrogens (primary N) is 1. The first-order chi connectivity index (χ1) is 6.27. The van der Waals surface area contributed by atoms with Crippen molar-refractivity contribution in [3.8, 4) is 0 Å². The second kappa shape index (κ2) is 5.22. The molecule has 0 aromatic heterocycles. The average Bonchev–Trinajstić information content (AvgIpc) is 2.87. The molecule has 1 rings (SSSR count). The Morgan fingerprint density at radius 2 is 2.31 bits per heavy atom. The maximum absolute atomic E-state index is 5.83. The van der Waals surface area contributed by atoms with Crippen molar-refractivity contribution in [1.82, 2.24) is 0 Å². The van der Waals surface area contributed by atoms with E-state index in [0.29, 0.717) is 12.5 Å². The number of amidine groups is 1. The second-order valence-electron chi connectivity index (χ2n) is 3.73. The van der Waals surface area contributed by atoms with E-state index >= 15 is 0 Å². The van der Waals surface area contributed by atoms with Crippen LogP contribution >= 0.6 is 0 Å². The predicted molar refractivity (Wildman–Crippen MR) is 54.9 cm³/mol. The van der Waals surface area contributed by atoms with Crippen LogP contribution in [-0.4, -0.2) is 25.6 Å². The zero-order chi connectivity index (χ0) is 9.68. The maximum atomic E-state index is 5.83. The monoisotopic (exact) mass is 184 g/mol. The van der Waals surface area contributed by atoms with Gasteiger partial charge in [0.15, 0.2) is 0 Å². The molecule has 1 saturated carbocycles. The normalized spacial score (nSPS) is 20.3. The highest BCUT2D eigenvalue weighted by atomic mass is 16.5. The Kier molecular flexibility index (Phi) is 4.22. The molecule has 0 heterocycles. The lowest BCUT2D eigenvalue weighted by molar-refractivity contribution is 0.177. The molecule has 0 aliphatic heterocycles. The van der Waals surface area contributed by atoms with Gasteiger partial charge in [-0.25, -0.2) is 0 Å². The summed E-state index contributed by atoms with van der Waals surface area (Å²) in [5, 5.41) is 0. The van der Waals surface area contributed by atoms with Gasteiger partial charge in [-0.1, -0.05) is 13.3 Å². The van der Waals surface area contributed by atoms with Gasteiger partial charge in [0, 0.05) is 13.0 Å². The SMILES string of the molecule is CCCC(COC)N=C(N)C1CC1. The number of hydrogen-bond acceptors (Lipinski definition) is 2. The number of aliphatic imine (C=N–C) groups is 1. The zero-order valence-corrected chi connectivity index (χ0v) is 8.62. The molecule has 3 heteroatoms. The number of nitrogens with zero attached hydrogens (tertiary/aromatic N) is 1. The summed E-state index contributed by atoms with van der Waals surface area (Å²) in [7, 11) is 1.71. The third kappa shape index (κ3) is 3.77. The Balaban J connectivity index is 2.38. The van der Waals surface area contributed by atoms with Gasteiger partial charge in [-0.05, 0) is 19.3 Å². The molecule has 13 heavy (non-hydrogen) atoms. The van der Waals surface area contributed by atoms with Gasteiger partial charge < -0.3 is 10.5 Å². The van der Waals surface area contributed by atoms with Crippen molar-refractivity contribution in [3.63, 3.8) is 0 Å². The summed E-state index contributed by atoms with van der Waals surface area (Å²) in [6, 6.07) is 0.274. The molecule has 0 aromatic rings. The molecule has 76 valence electrons. The Morgan fingerprint density at radius 3 is 2.77 bits per heavy atom. The Labute approximate surface area is 80.4 Å². The largest absolute Gasteiger partial charge is 0.387 e. The van der Waals surface area contributed by atoms with Crippen molar-refractivity contribution in [2.45, 2.75) is 38.6 Å². The van der Waals surface area contributed by atoms with Crippen molar-refractivity contribution < 1.29 is 4.74 Å². The summed E-state index contributed by atoms with van der Waals surface area (Å²) in [5.74, 6) is 1.42. The van der Waals surface area contributed by atoms with Gasteiger partial charge in [0.2, 0.25) is 0 Å². The molecule has 0 aromatic carbocycles. The molecule has 1 aliphatic rings. The van der Waals surface area contributed by atoms with E-state index in [4.69, 9.17) is 10.5 Å². The lowest BCUT2D eigenvalue weighted by Crippen LogP contribution is -2.21. The molecule has 0 radical (unpaired) electrons. The highest BCUT2D eigenvalue weighted by Crippen LogP contribution is 2.29. The fourth-order valence-corrected chi connectivity index (χ4v) is 1.41. The van der Waals surface area contributed by atoms with Crippen LogP contribution in [0.4, 0.5) is 0 Å². The molecular formula is C10H20N2O. The third-order valence-electron chi connectivity index (χ3n) is 2.31. The standard InChI is InChI=1S/C10H20N2O/c1-3-4-9(7-13-2)12-10(11)8-5-6-8/h8-9H,3-7H2,1-2H3,(H2,11,12). The van der Waals surface area contributed by atoms with E-state index in [0.717, 1.165) is 18.7 Å². The van der Waals surface area contributed by atoms with Crippen LogP contribution in [-0.2, 0) is 4.74 Å². The van der Waals surface area contributed by atoms with Crippen LogP contribution in [0, 0.1) is 5.92 Å². The molecule has 3 nitrogen and oxygen atoms in total. The first-order valence-corrected chi connectivity index (χ1v) is 5.10. The predicted octanol–water partition coefficient (Wildman–Crippen LogP) is 1.57. The van der Waals surface area contributed by atoms with Gasteiger partial charge in [-0.2, -0.15) is 0 Å². The Morgan fingerprint density at radius 1 is 1.62 bits per heavy atom. The van der Waals surface area contributed by atoms with Crippen molar-refractivity contribution in [1.29, 1.82) is 0 Å². The van der Waals surface area contributed by atoms with Gasteiger partial charge in [-0.15, -0.1) is 0 Å². The minimum atomic E-state index is 0.274. The topological polar surface area (TPSA) is 47.6 Å². The first kappa shape index (κ1) is 10.5. The van der Waals surface area contributed by atoms with E-state index in [-0.39, 0.29) is 6.04 Å². The van der Waals surface area contributed by atoms with Gasteiger partial charge in [0.05, 0.1) is 18.5 Å². The molecule has 0 bridgehead atoms. The average molecular weight is 184 g/mol. The number of ether oxygens (including phenoxy) is 1. The highest BCUT2D eigenvalue weighted by molar-refractivity contribution is 5.85. The molecule has 1 fully saturated rings. The van der Waals surface area contributed by atoms with Crippen LogP contribution < -0.4 is 5.73 Å². The minimum absolute atomic E-state index is 0.274. The first-order valence-electron chi connectivity index (χ1n) is 5.10. The maximum Gasteiger partial charge on any atom is 0.0972 e. The molecule has 2 N–H and O–H groups in total. The zero-order valence-electron chi connectivity index (χ0n) is 8.62. The van der Waals surface area contributed by atoms with Crippen LogP contribution in [0.3, 0.4) is 0 Å². The Bertz CT molecular complexity index is 170. The van der Waals surface area contributed by atoms with Crippen LogP contribution in [0.25, 0.3) is 0 Å². The summed E-state index contributed by atoms with van der Waals surface area (Å²) < 4.78 is 5.09. The molecule has 1 unspecified atom stereocenters. The number of hydrogen-bond donors (Lipinski definition) is 1. The highest BCUT2D eigenvalue weighted by Gasteiger charge is 2.26.